The molecule has 0 saturated heterocycles. The number of carbonyl (C=O) groups is 2. The van der Waals surface area contributed by atoms with E-state index in [1.807, 2.05) is 12.1 Å². The third kappa shape index (κ3) is 2.54. The van der Waals surface area contributed by atoms with Crippen molar-refractivity contribution in [2.45, 2.75) is 12.8 Å². The van der Waals surface area contributed by atoms with E-state index in [2.05, 4.69) is 34.1 Å². The predicted octanol–water partition coefficient (Wildman–Crippen LogP) is 1.81. The molecule has 1 aliphatic carbocycles. The van der Waals surface area contributed by atoms with Crippen LogP contribution < -0.4 is 16.0 Å². The predicted molar refractivity (Wildman–Crippen MR) is 82.4 cm³/mol. The highest BCUT2D eigenvalue weighted by Crippen LogP contribution is 2.34. The van der Waals surface area contributed by atoms with Gasteiger partial charge < -0.3 is 10.6 Å². The van der Waals surface area contributed by atoms with Gasteiger partial charge in [0, 0.05) is 18.1 Å². The van der Waals surface area contributed by atoms with Crippen molar-refractivity contribution in [1.82, 2.24) is 10.6 Å². The fourth-order valence-electron chi connectivity index (χ4n) is 2.81. The first-order valence-corrected chi connectivity index (χ1v) is 6.98. The zero-order valence-corrected chi connectivity index (χ0v) is 11.8. The Morgan fingerprint density at radius 3 is 2.62 bits per heavy atom. The second-order valence-corrected chi connectivity index (χ2v) is 5.09. The second kappa shape index (κ2) is 5.44. The maximum Gasteiger partial charge on any atom is 0.321 e. The fraction of sp³-hybridized carbons (Fsp3) is 0.250. The van der Waals surface area contributed by atoms with Crippen molar-refractivity contribution in [3.63, 3.8) is 0 Å². The number of anilines is 1. The topological polar surface area (TPSA) is 70.2 Å². The molecule has 3 amide bonds. The largest absolute Gasteiger partial charge is 0.376 e. The molecule has 0 saturated carbocycles. The zero-order chi connectivity index (χ0) is 14.8. The third-order valence-corrected chi connectivity index (χ3v) is 3.80. The molecule has 0 heterocycles. The maximum absolute atomic E-state index is 11.6. The molecule has 5 heteroatoms. The average Bonchev–Trinajstić information content (AvgIpc) is 2.91. The van der Waals surface area contributed by atoms with Crippen LogP contribution in [0.5, 0.6) is 0 Å². The van der Waals surface area contributed by atoms with Crippen LogP contribution in [0.15, 0.2) is 30.3 Å². The molecule has 108 valence electrons. The van der Waals surface area contributed by atoms with E-state index in [4.69, 9.17) is 0 Å². The summed E-state index contributed by atoms with van der Waals surface area (Å²) in [6, 6.07) is 9.87. The van der Waals surface area contributed by atoms with E-state index in [9.17, 15) is 9.59 Å². The summed E-state index contributed by atoms with van der Waals surface area (Å²) < 4.78 is 0. The number of rotatable bonds is 3. The van der Waals surface area contributed by atoms with Gasteiger partial charge in [-0.15, -0.1) is 0 Å². The number of aryl methyl sites for hydroxylation is 2. The van der Waals surface area contributed by atoms with Gasteiger partial charge in [-0.1, -0.05) is 24.3 Å². The summed E-state index contributed by atoms with van der Waals surface area (Å²) in [5.41, 5.74) is 3.64. The highest BCUT2D eigenvalue weighted by Gasteiger charge is 2.16. The van der Waals surface area contributed by atoms with Gasteiger partial charge in [0.2, 0.25) is 5.91 Å². The summed E-state index contributed by atoms with van der Waals surface area (Å²) in [6.45, 7) is 0.0616. The molecule has 1 aliphatic rings. The Morgan fingerprint density at radius 2 is 1.86 bits per heavy atom. The van der Waals surface area contributed by atoms with Crippen LogP contribution in [0.2, 0.25) is 0 Å². The molecule has 3 N–H and O–H groups in total. The smallest absolute Gasteiger partial charge is 0.321 e. The molecule has 0 unspecified atom stereocenters. The Hall–Kier alpha value is -2.56. The van der Waals surface area contributed by atoms with Gasteiger partial charge in [-0.2, -0.15) is 0 Å². The van der Waals surface area contributed by atoms with Crippen LogP contribution in [0, 0.1) is 0 Å². The summed E-state index contributed by atoms with van der Waals surface area (Å²) in [5, 5.41) is 10.1. The molecule has 2 aromatic rings. The fourth-order valence-corrected chi connectivity index (χ4v) is 2.81. The SMILES string of the molecule is CNC(=O)NC(=O)CNc1ccc2c3c(cccc13)CC2. The zero-order valence-electron chi connectivity index (χ0n) is 11.8. The molecule has 2 aromatic carbocycles. The maximum atomic E-state index is 11.6. The molecule has 0 spiro atoms. The van der Waals surface area contributed by atoms with Gasteiger partial charge >= 0.3 is 6.03 Å². The molecule has 0 fully saturated rings. The molecule has 0 radical (unpaired) electrons. The lowest BCUT2D eigenvalue weighted by Gasteiger charge is -2.11. The minimum atomic E-state index is -0.498. The first kappa shape index (κ1) is 13.4. The molecule has 5 nitrogen and oxygen atoms in total. The molecule has 3 rings (SSSR count). The molecule has 21 heavy (non-hydrogen) atoms. The van der Waals surface area contributed by atoms with Crippen LogP contribution in [-0.2, 0) is 17.6 Å². The van der Waals surface area contributed by atoms with Crippen molar-refractivity contribution in [3.8, 4) is 0 Å². The van der Waals surface area contributed by atoms with Crippen molar-refractivity contribution in [2.75, 3.05) is 18.9 Å². The monoisotopic (exact) mass is 283 g/mol. The Balaban J connectivity index is 1.80. The second-order valence-electron chi connectivity index (χ2n) is 5.09. The van der Waals surface area contributed by atoms with Gasteiger partial charge in [0.15, 0.2) is 0 Å². The molecule has 0 bridgehead atoms. The van der Waals surface area contributed by atoms with Crippen molar-refractivity contribution in [2.24, 2.45) is 0 Å². The highest BCUT2D eigenvalue weighted by molar-refractivity contribution is 6.01. The molecule has 0 aliphatic heterocycles. The summed E-state index contributed by atoms with van der Waals surface area (Å²) >= 11 is 0. The summed E-state index contributed by atoms with van der Waals surface area (Å²) in [4.78, 5) is 22.7. The van der Waals surface area contributed by atoms with Crippen LogP contribution >= 0.6 is 0 Å². The highest BCUT2D eigenvalue weighted by atomic mass is 16.2. The number of carbonyl (C=O) groups excluding carboxylic acids is 2. The van der Waals surface area contributed by atoms with Gasteiger partial charge in [-0.25, -0.2) is 4.79 Å². The van der Waals surface area contributed by atoms with Crippen LogP contribution in [-0.4, -0.2) is 25.5 Å². The molecule has 0 aromatic heterocycles. The average molecular weight is 283 g/mol. The van der Waals surface area contributed by atoms with E-state index in [-0.39, 0.29) is 12.5 Å². The summed E-state index contributed by atoms with van der Waals surface area (Å²) in [6.07, 6.45) is 2.15. The first-order chi connectivity index (χ1) is 10.2. The van der Waals surface area contributed by atoms with Crippen molar-refractivity contribution in [3.05, 3.63) is 41.5 Å². The first-order valence-electron chi connectivity index (χ1n) is 6.98. The number of hydrogen-bond acceptors (Lipinski definition) is 3. The quantitative estimate of drug-likeness (QED) is 0.804. The number of urea groups is 1. The van der Waals surface area contributed by atoms with Gasteiger partial charge in [0.1, 0.15) is 0 Å². The number of hydrogen-bond donors (Lipinski definition) is 3. The lowest BCUT2D eigenvalue weighted by molar-refractivity contribution is -0.118. The number of imide groups is 1. The Bertz CT molecular complexity index is 715. The third-order valence-electron chi connectivity index (χ3n) is 3.80. The van der Waals surface area contributed by atoms with Crippen molar-refractivity contribution < 1.29 is 9.59 Å². The van der Waals surface area contributed by atoms with Crippen molar-refractivity contribution >= 4 is 28.4 Å². The van der Waals surface area contributed by atoms with E-state index in [0.29, 0.717) is 0 Å². The van der Waals surface area contributed by atoms with E-state index in [0.717, 1.165) is 23.9 Å². The molecule has 0 atom stereocenters. The van der Waals surface area contributed by atoms with E-state index in [1.165, 1.54) is 23.6 Å². The lowest BCUT2D eigenvalue weighted by Crippen LogP contribution is -2.40. The van der Waals surface area contributed by atoms with Gasteiger partial charge in [0.25, 0.3) is 0 Å². The summed E-state index contributed by atoms with van der Waals surface area (Å²) in [5.74, 6) is -0.363. The Labute approximate surface area is 122 Å². The summed E-state index contributed by atoms with van der Waals surface area (Å²) in [7, 11) is 1.47. The van der Waals surface area contributed by atoms with Gasteiger partial charge in [0.05, 0.1) is 6.54 Å². The van der Waals surface area contributed by atoms with E-state index >= 15 is 0 Å². The van der Waals surface area contributed by atoms with Gasteiger partial charge in [-0.05, 0) is 35.4 Å². The number of amides is 3. The van der Waals surface area contributed by atoms with Gasteiger partial charge in [-0.3, -0.25) is 10.1 Å². The minimum absolute atomic E-state index is 0.0616. The minimum Gasteiger partial charge on any atom is -0.376 e. The Kier molecular flexibility index (Phi) is 3.48. The molecular weight excluding hydrogens is 266 g/mol. The van der Waals surface area contributed by atoms with Crippen LogP contribution in [0.1, 0.15) is 11.1 Å². The normalized spacial score (nSPS) is 12.2. The number of nitrogens with one attached hydrogen (secondary N) is 3. The lowest BCUT2D eigenvalue weighted by atomic mass is 10.0. The van der Waals surface area contributed by atoms with Crippen LogP contribution in [0.3, 0.4) is 0 Å². The number of benzene rings is 2. The Morgan fingerprint density at radius 1 is 1.10 bits per heavy atom. The standard InChI is InChI=1S/C16H17N3O2/c1-17-16(21)19-14(20)9-18-13-8-7-11-6-5-10-3-2-4-12(13)15(10)11/h2-4,7-8,18H,5-6,9H2,1H3,(H2,17,19,20,21). The van der Waals surface area contributed by atoms with Crippen LogP contribution in [0.4, 0.5) is 10.5 Å². The van der Waals surface area contributed by atoms with E-state index in [1.54, 1.807) is 0 Å². The molecular formula is C16H17N3O2. The van der Waals surface area contributed by atoms with E-state index < -0.39 is 6.03 Å². The van der Waals surface area contributed by atoms with Crippen molar-refractivity contribution in [1.29, 1.82) is 0 Å². The van der Waals surface area contributed by atoms with Crippen LogP contribution in [0.25, 0.3) is 10.8 Å².